The highest BCUT2D eigenvalue weighted by Crippen LogP contribution is 2.32. The molecule has 0 unspecified atom stereocenters. The van der Waals surface area contributed by atoms with E-state index >= 15 is 0 Å². The molecule has 3 heterocycles. The van der Waals surface area contributed by atoms with E-state index in [1.807, 2.05) is 42.5 Å². The molecule has 0 fully saturated rings. The van der Waals surface area contributed by atoms with Gasteiger partial charge in [0.05, 0.1) is 31.0 Å². The molecule has 4 aromatic rings. The van der Waals surface area contributed by atoms with Gasteiger partial charge in [-0.15, -0.1) is 5.10 Å². The van der Waals surface area contributed by atoms with Crippen LogP contribution in [-0.4, -0.2) is 36.0 Å². The zero-order valence-electron chi connectivity index (χ0n) is 19.4. The van der Waals surface area contributed by atoms with Gasteiger partial charge in [0.15, 0.2) is 5.82 Å². The quantitative estimate of drug-likeness (QED) is 0.473. The summed E-state index contributed by atoms with van der Waals surface area (Å²) in [6.45, 7) is 6.37. The van der Waals surface area contributed by atoms with Crippen molar-refractivity contribution in [3.05, 3.63) is 83.3 Å². The van der Waals surface area contributed by atoms with Crippen LogP contribution >= 0.6 is 0 Å². The van der Waals surface area contributed by atoms with Gasteiger partial charge in [-0.1, -0.05) is 55.5 Å². The normalized spacial score (nSPS) is 14.0. The van der Waals surface area contributed by atoms with Crippen molar-refractivity contribution in [1.82, 2.24) is 25.0 Å². The first-order chi connectivity index (χ1) is 16.4. The van der Waals surface area contributed by atoms with E-state index in [9.17, 15) is 9.90 Å². The minimum absolute atomic E-state index is 0.0144. The van der Waals surface area contributed by atoms with Crippen LogP contribution in [0.5, 0.6) is 0 Å². The molecule has 1 aliphatic heterocycles. The summed E-state index contributed by atoms with van der Waals surface area (Å²) in [5, 5.41) is 17.7. The first-order valence-corrected chi connectivity index (χ1v) is 11.4. The zero-order chi connectivity index (χ0) is 23.8. The average molecular weight is 455 g/mol. The van der Waals surface area contributed by atoms with Crippen LogP contribution in [0.1, 0.15) is 55.2 Å². The highest BCUT2D eigenvalue weighted by molar-refractivity contribution is 6.00. The molecule has 1 atom stereocenters. The molecule has 5 rings (SSSR count). The summed E-state index contributed by atoms with van der Waals surface area (Å²) in [6.07, 6.45) is 3.11. The van der Waals surface area contributed by atoms with Crippen molar-refractivity contribution in [1.29, 1.82) is 0 Å². The number of aliphatic hydroxyl groups is 1. The maximum absolute atomic E-state index is 12.8. The van der Waals surface area contributed by atoms with Crippen molar-refractivity contribution in [2.24, 2.45) is 0 Å². The number of fused-ring (bicyclic) bond motifs is 1. The Bertz CT molecular complexity index is 1340. The molecule has 2 aromatic carbocycles. The Balaban J connectivity index is 1.41. The molecule has 0 radical (unpaired) electrons. The third kappa shape index (κ3) is 4.08. The van der Waals surface area contributed by atoms with Crippen molar-refractivity contribution < 1.29 is 9.90 Å². The summed E-state index contributed by atoms with van der Waals surface area (Å²) in [5.41, 5.74) is 5.34. The fourth-order valence-corrected chi connectivity index (χ4v) is 4.16. The van der Waals surface area contributed by atoms with Gasteiger partial charge in [0.1, 0.15) is 11.5 Å². The minimum Gasteiger partial charge on any atom is -0.387 e. The smallest absolute Gasteiger partial charge is 0.233 e. The number of hydrogen-bond donors (Lipinski definition) is 1. The maximum Gasteiger partial charge on any atom is 0.233 e. The lowest BCUT2D eigenvalue weighted by Gasteiger charge is -2.18. The number of anilines is 1. The first kappa shape index (κ1) is 21.9. The van der Waals surface area contributed by atoms with Crippen molar-refractivity contribution in [2.75, 3.05) is 4.90 Å². The molecule has 8 heteroatoms. The molecule has 2 aromatic heterocycles. The van der Waals surface area contributed by atoms with Crippen LogP contribution in [0.3, 0.4) is 0 Å². The molecule has 34 heavy (non-hydrogen) atoms. The number of carbonyl (C=O) groups is 1. The standard InChI is InChI=1S/C26H26N6O2/c1-16(2)21-6-4-5-7-22(21)25-27-13-19-12-24(34)31(26(19)28-25)14-18-8-10-20(11-9-18)32-15-23(17(3)33)29-30-32/h4-11,13,15-17,33H,12,14H2,1-3H3/t17-/m1/s1. The Labute approximate surface area is 197 Å². The fraction of sp³-hybridized carbons (Fsp3) is 0.269. The molecular weight excluding hydrogens is 428 g/mol. The number of benzene rings is 2. The Kier molecular flexibility index (Phi) is 5.67. The van der Waals surface area contributed by atoms with Gasteiger partial charge in [0.25, 0.3) is 0 Å². The fourth-order valence-electron chi connectivity index (χ4n) is 4.16. The molecule has 0 saturated carbocycles. The predicted molar refractivity (Wildman–Crippen MR) is 128 cm³/mol. The molecule has 0 aliphatic carbocycles. The Morgan fingerprint density at radius 3 is 2.53 bits per heavy atom. The number of hydrogen-bond acceptors (Lipinski definition) is 6. The topological polar surface area (TPSA) is 97.0 Å². The van der Waals surface area contributed by atoms with Gasteiger partial charge >= 0.3 is 0 Å². The largest absolute Gasteiger partial charge is 0.387 e. The van der Waals surface area contributed by atoms with E-state index in [4.69, 9.17) is 4.98 Å². The lowest BCUT2D eigenvalue weighted by Crippen LogP contribution is -2.26. The second-order valence-corrected chi connectivity index (χ2v) is 8.87. The van der Waals surface area contributed by atoms with E-state index in [1.165, 1.54) is 5.56 Å². The van der Waals surface area contributed by atoms with Gasteiger partial charge in [-0.25, -0.2) is 14.6 Å². The summed E-state index contributed by atoms with van der Waals surface area (Å²) in [5.74, 6) is 1.67. The predicted octanol–water partition coefficient (Wildman–Crippen LogP) is 3.99. The highest BCUT2D eigenvalue weighted by Gasteiger charge is 2.30. The van der Waals surface area contributed by atoms with Crippen molar-refractivity contribution in [3.63, 3.8) is 0 Å². The van der Waals surface area contributed by atoms with Crippen LogP contribution in [0.2, 0.25) is 0 Å². The van der Waals surface area contributed by atoms with Gasteiger partial charge in [0.2, 0.25) is 5.91 Å². The second-order valence-electron chi connectivity index (χ2n) is 8.87. The van der Waals surface area contributed by atoms with Crippen LogP contribution in [0.4, 0.5) is 5.82 Å². The number of amides is 1. The third-order valence-corrected chi connectivity index (χ3v) is 6.04. The summed E-state index contributed by atoms with van der Waals surface area (Å²) < 4.78 is 1.62. The van der Waals surface area contributed by atoms with Gasteiger partial charge in [-0.05, 0) is 36.1 Å². The molecule has 172 valence electrons. The highest BCUT2D eigenvalue weighted by atomic mass is 16.3. The molecule has 1 aliphatic rings. The molecule has 0 saturated heterocycles. The lowest BCUT2D eigenvalue weighted by atomic mass is 9.97. The summed E-state index contributed by atoms with van der Waals surface area (Å²) in [6, 6.07) is 15.9. The van der Waals surface area contributed by atoms with E-state index in [2.05, 4.69) is 35.2 Å². The van der Waals surface area contributed by atoms with E-state index in [0.29, 0.717) is 36.2 Å². The number of nitrogens with zero attached hydrogens (tertiary/aromatic N) is 6. The van der Waals surface area contributed by atoms with E-state index in [0.717, 1.165) is 22.4 Å². The van der Waals surface area contributed by atoms with Crippen LogP contribution in [0.25, 0.3) is 17.1 Å². The monoisotopic (exact) mass is 454 g/mol. The van der Waals surface area contributed by atoms with Gasteiger partial charge in [-0.2, -0.15) is 0 Å². The van der Waals surface area contributed by atoms with E-state index in [1.54, 1.807) is 28.9 Å². The minimum atomic E-state index is -0.673. The van der Waals surface area contributed by atoms with Gasteiger partial charge in [-0.3, -0.25) is 9.69 Å². The van der Waals surface area contributed by atoms with E-state index < -0.39 is 6.10 Å². The van der Waals surface area contributed by atoms with Gasteiger partial charge < -0.3 is 5.11 Å². The second kappa shape index (κ2) is 8.79. The number of rotatable bonds is 6. The lowest BCUT2D eigenvalue weighted by molar-refractivity contribution is -0.117. The number of aromatic nitrogens is 5. The van der Waals surface area contributed by atoms with Crippen LogP contribution < -0.4 is 4.90 Å². The zero-order valence-corrected chi connectivity index (χ0v) is 19.4. The van der Waals surface area contributed by atoms with Crippen LogP contribution in [0.15, 0.2) is 60.9 Å². The molecule has 1 N–H and O–H groups in total. The maximum atomic E-state index is 12.8. The van der Waals surface area contributed by atoms with Crippen molar-refractivity contribution in [3.8, 4) is 17.1 Å². The van der Waals surface area contributed by atoms with Crippen molar-refractivity contribution >= 4 is 11.7 Å². The summed E-state index contributed by atoms with van der Waals surface area (Å²) in [7, 11) is 0. The number of aliphatic hydroxyl groups excluding tert-OH is 1. The van der Waals surface area contributed by atoms with Gasteiger partial charge in [0, 0.05) is 17.3 Å². The molecule has 1 amide bonds. The summed E-state index contributed by atoms with van der Waals surface area (Å²) in [4.78, 5) is 24.0. The Morgan fingerprint density at radius 2 is 1.82 bits per heavy atom. The Morgan fingerprint density at radius 1 is 1.06 bits per heavy atom. The average Bonchev–Trinajstić information content (AvgIpc) is 3.45. The van der Waals surface area contributed by atoms with E-state index in [-0.39, 0.29) is 5.91 Å². The molecule has 8 nitrogen and oxygen atoms in total. The first-order valence-electron chi connectivity index (χ1n) is 11.4. The molecular formula is C26H26N6O2. The van der Waals surface area contributed by atoms with Crippen LogP contribution in [-0.2, 0) is 17.8 Å². The van der Waals surface area contributed by atoms with Crippen LogP contribution in [0, 0.1) is 0 Å². The number of carbonyl (C=O) groups excluding carboxylic acids is 1. The molecule has 0 spiro atoms. The van der Waals surface area contributed by atoms with Crippen molar-refractivity contribution in [2.45, 2.75) is 45.8 Å². The summed E-state index contributed by atoms with van der Waals surface area (Å²) >= 11 is 0. The molecule has 0 bridgehead atoms. The Hall–Kier alpha value is -3.91. The third-order valence-electron chi connectivity index (χ3n) is 6.04. The SMILES string of the molecule is CC(C)c1ccccc1-c1ncc2c(n1)N(Cc1ccc(-n3cc([C@@H](C)O)nn3)cc1)C(=O)C2.